The Labute approximate surface area is 213 Å². The summed E-state index contributed by atoms with van der Waals surface area (Å²) in [6, 6.07) is 16.7. The molecule has 4 aliphatic rings. The van der Waals surface area contributed by atoms with Crippen LogP contribution in [0.1, 0.15) is 64.0 Å². The molecule has 0 unspecified atom stereocenters. The zero-order valence-electron chi connectivity index (χ0n) is 22.2. The van der Waals surface area contributed by atoms with Gasteiger partial charge in [-0.15, -0.1) is 0 Å². The molecule has 0 aliphatic heterocycles. The minimum absolute atomic E-state index is 0.00486. The van der Waals surface area contributed by atoms with Gasteiger partial charge >= 0.3 is 0 Å². The van der Waals surface area contributed by atoms with Gasteiger partial charge in [-0.05, 0) is 104 Å². The molecule has 0 N–H and O–H groups in total. The second-order valence-corrected chi connectivity index (χ2v) is 14.5. The van der Waals surface area contributed by atoms with Crippen LogP contribution >= 0.6 is 0 Å². The molecule has 2 aromatic carbocycles. The van der Waals surface area contributed by atoms with Crippen LogP contribution in [0, 0.1) is 23.7 Å². The van der Waals surface area contributed by atoms with Crippen LogP contribution in [0.3, 0.4) is 0 Å². The number of hydrogen-bond acceptors (Lipinski definition) is 3. The van der Waals surface area contributed by atoms with Crippen LogP contribution in [0.2, 0.25) is 13.1 Å². The van der Waals surface area contributed by atoms with Gasteiger partial charge < -0.3 is 13.9 Å². The first-order chi connectivity index (χ1) is 16.8. The summed E-state index contributed by atoms with van der Waals surface area (Å²) in [6.45, 7) is 12.4. The van der Waals surface area contributed by atoms with Crippen molar-refractivity contribution in [3.63, 3.8) is 0 Å². The molecule has 4 bridgehead atoms. The number of para-hydroxylation sites is 2. The Morgan fingerprint density at radius 1 is 0.829 bits per heavy atom. The van der Waals surface area contributed by atoms with Gasteiger partial charge in [0.15, 0.2) is 0 Å². The zero-order chi connectivity index (χ0) is 24.6. The fourth-order valence-corrected chi connectivity index (χ4v) is 7.59. The van der Waals surface area contributed by atoms with Gasteiger partial charge in [-0.3, -0.25) is 0 Å². The summed E-state index contributed by atoms with van der Waals surface area (Å²) in [6.07, 6.45) is 6.80. The summed E-state index contributed by atoms with van der Waals surface area (Å²) in [4.78, 5) is 0. The summed E-state index contributed by atoms with van der Waals surface area (Å²) < 4.78 is 19.5. The van der Waals surface area contributed by atoms with Gasteiger partial charge in [0, 0.05) is 0 Å². The molecule has 0 spiro atoms. The van der Waals surface area contributed by atoms with E-state index in [0.29, 0.717) is 25.0 Å². The summed E-state index contributed by atoms with van der Waals surface area (Å²) in [5.41, 5.74) is 4.03. The number of allylic oxidation sites excluding steroid dienone is 1. The molecule has 0 radical (unpaired) electrons. The van der Waals surface area contributed by atoms with Crippen molar-refractivity contribution in [2.45, 2.75) is 71.4 Å². The van der Waals surface area contributed by atoms with E-state index in [1.807, 2.05) is 30.3 Å². The fourth-order valence-electron chi connectivity index (χ4n) is 6.87. The van der Waals surface area contributed by atoms with Gasteiger partial charge in [0.1, 0.15) is 30.5 Å². The average molecular weight is 491 g/mol. The molecule has 0 amide bonds. The van der Waals surface area contributed by atoms with Crippen molar-refractivity contribution >= 4 is 14.8 Å². The second-order valence-electron chi connectivity index (χ2n) is 12.2. The highest BCUT2D eigenvalue weighted by atomic mass is 28.3. The van der Waals surface area contributed by atoms with E-state index in [-0.39, 0.29) is 5.41 Å². The first-order valence-electron chi connectivity index (χ1n) is 13.6. The molecule has 0 atom stereocenters. The fraction of sp³-hybridized carbons (Fsp3) is 0.548. The van der Waals surface area contributed by atoms with E-state index < -0.39 is 9.04 Å². The van der Waals surface area contributed by atoms with Crippen LogP contribution in [-0.2, 0) is 10.2 Å². The molecule has 35 heavy (non-hydrogen) atoms. The molecule has 0 aromatic heterocycles. The molecular formula is C31H42O3Si. The second kappa shape index (κ2) is 10.0. The van der Waals surface area contributed by atoms with Crippen LogP contribution in [0.4, 0.5) is 0 Å². The van der Waals surface area contributed by atoms with E-state index in [9.17, 15) is 0 Å². The molecule has 0 saturated heterocycles. The number of hydrogen-bond donors (Lipinski definition) is 0. The first-order valence-corrected chi connectivity index (χ1v) is 16.4. The Morgan fingerprint density at radius 2 is 1.49 bits per heavy atom. The largest absolute Gasteiger partial charge is 0.546 e. The van der Waals surface area contributed by atoms with E-state index in [4.69, 9.17) is 13.9 Å². The smallest absolute Gasteiger partial charge is 0.229 e. The van der Waals surface area contributed by atoms with Crippen molar-refractivity contribution in [1.82, 2.24) is 0 Å². The number of benzene rings is 2. The topological polar surface area (TPSA) is 27.7 Å². The number of rotatable bonds is 8. The van der Waals surface area contributed by atoms with E-state index in [1.165, 1.54) is 43.2 Å². The van der Waals surface area contributed by atoms with E-state index >= 15 is 0 Å². The molecule has 4 fully saturated rings. The maximum absolute atomic E-state index is 6.76. The highest BCUT2D eigenvalue weighted by molar-refractivity contribution is 6.49. The molecule has 6 rings (SSSR count). The predicted octanol–water partition coefficient (Wildman–Crippen LogP) is 7.61. The highest BCUT2D eigenvalue weighted by Crippen LogP contribution is 2.58. The molecule has 4 saturated carbocycles. The Morgan fingerprint density at radius 3 is 2.09 bits per heavy atom. The van der Waals surface area contributed by atoms with Crippen molar-refractivity contribution in [3.05, 3.63) is 65.2 Å². The minimum Gasteiger partial charge on any atom is -0.546 e. The molecule has 3 nitrogen and oxygen atoms in total. The van der Waals surface area contributed by atoms with Gasteiger partial charge in [0.25, 0.3) is 0 Å². The van der Waals surface area contributed by atoms with Gasteiger partial charge in [0.2, 0.25) is 9.04 Å². The molecule has 4 heteroatoms. The molecule has 4 aliphatic carbocycles. The maximum atomic E-state index is 6.76. The average Bonchev–Trinajstić information content (AvgIpc) is 2.79. The maximum Gasteiger partial charge on any atom is 0.229 e. The molecule has 188 valence electrons. The lowest BCUT2D eigenvalue weighted by molar-refractivity contribution is 0.0658. The molecule has 2 aromatic rings. The predicted molar refractivity (Wildman–Crippen MR) is 147 cm³/mol. The summed E-state index contributed by atoms with van der Waals surface area (Å²) in [5.74, 6) is 6.22. The Bertz CT molecular complexity index is 1020. The van der Waals surface area contributed by atoms with Crippen molar-refractivity contribution in [1.29, 1.82) is 0 Å². The molecule has 0 heterocycles. The van der Waals surface area contributed by atoms with Crippen molar-refractivity contribution < 1.29 is 13.9 Å². The van der Waals surface area contributed by atoms with Gasteiger partial charge in [-0.2, -0.15) is 0 Å². The lowest BCUT2D eigenvalue weighted by atomic mass is 9.54. The highest BCUT2D eigenvalue weighted by Gasteiger charge is 2.47. The summed E-state index contributed by atoms with van der Waals surface area (Å²) in [7, 11) is -1.31. The Hall–Kier alpha value is -2.20. The quantitative estimate of drug-likeness (QED) is 0.216. The van der Waals surface area contributed by atoms with E-state index in [0.717, 1.165) is 29.1 Å². The lowest BCUT2D eigenvalue weighted by Crippen LogP contribution is -2.41. The van der Waals surface area contributed by atoms with Crippen LogP contribution in [-0.4, -0.2) is 22.3 Å². The Kier molecular flexibility index (Phi) is 7.03. The minimum atomic E-state index is -1.31. The van der Waals surface area contributed by atoms with E-state index in [1.54, 1.807) is 5.57 Å². The third-order valence-electron chi connectivity index (χ3n) is 8.04. The summed E-state index contributed by atoms with van der Waals surface area (Å²) >= 11 is 0. The normalized spacial score (nSPS) is 25.1. The van der Waals surface area contributed by atoms with Crippen LogP contribution in [0.25, 0.3) is 5.76 Å². The third kappa shape index (κ3) is 5.33. The monoisotopic (exact) mass is 490 g/mol. The lowest BCUT2D eigenvalue weighted by Gasteiger charge is -2.52. The number of ether oxygens (including phenoxy) is 2. The van der Waals surface area contributed by atoms with Crippen LogP contribution < -0.4 is 9.16 Å². The SMILES string of the molecule is C[SiH](C)Oc1c(C(OCCOc2ccccc2)=C2C3CC4CC(C3)CC2C4)cccc1C(C)(C)C. The van der Waals surface area contributed by atoms with E-state index in [2.05, 4.69) is 52.1 Å². The first kappa shape index (κ1) is 24.5. The standard InChI is InChI=1S/C31H42O3Si/c1-31(2,3)27-13-9-12-26(29(27)34-35(4)5)30(33-15-14-32-25-10-7-6-8-11-25)28-23-17-21-16-22(19-23)20-24(28)18-21/h6-13,21-24,35H,14-20H2,1-5H3. The van der Waals surface area contributed by atoms with Crippen molar-refractivity contribution in [2.24, 2.45) is 23.7 Å². The summed E-state index contributed by atoms with van der Waals surface area (Å²) in [5, 5.41) is 0. The van der Waals surface area contributed by atoms with Crippen LogP contribution in [0.5, 0.6) is 11.5 Å². The van der Waals surface area contributed by atoms with Gasteiger partial charge in [0.05, 0.1) is 5.56 Å². The van der Waals surface area contributed by atoms with Crippen molar-refractivity contribution in [2.75, 3.05) is 13.2 Å². The van der Waals surface area contributed by atoms with Gasteiger partial charge in [-0.25, -0.2) is 0 Å². The van der Waals surface area contributed by atoms with Gasteiger partial charge in [-0.1, -0.05) is 51.1 Å². The van der Waals surface area contributed by atoms with Crippen molar-refractivity contribution in [3.8, 4) is 11.5 Å². The third-order valence-corrected chi connectivity index (χ3v) is 8.75. The molecular weight excluding hydrogens is 448 g/mol. The van der Waals surface area contributed by atoms with Crippen LogP contribution in [0.15, 0.2) is 54.1 Å². The Balaban J connectivity index is 1.52. The zero-order valence-corrected chi connectivity index (χ0v) is 23.3.